The van der Waals surface area contributed by atoms with Crippen LogP contribution in [0.15, 0.2) is 84.8 Å². The molecule has 0 heterocycles. The number of rotatable bonds is 8. The van der Waals surface area contributed by atoms with E-state index in [9.17, 15) is 18.3 Å². The molecule has 0 bridgehead atoms. The zero-order chi connectivity index (χ0) is 24.9. The summed E-state index contributed by atoms with van der Waals surface area (Å²) in [6.45, 7) is 3.78. The molecule has 0 spiro atoms. The predicted molar refractivity (Wildman–Crippen MR) is 131 cm³/mol. The predicted octanol–water partition coefficient (Wildman–Crippen LogP) is 6.54. The van der Waals surface area contributed by atoms with E-state index < -0.39 is 17.6 Å². The number of alkyl halides is 3. The number of benzene rings is 3. The molecule has 2 radical (unpaired) electrons. The number of hydrogen-bond donors (Lipinski definition) is 3. The SMILES string of the molecule is [B]Cc1ccc(O/C(C(=C)c2ccc(Nc3ccc(Cl)cc3)cc2O)=C(/NC)C(F)(F)F)cc1. The summed E-state index contributed by atoms with van der Waals surface area (Å²) in [7, 11) is 6.71. The van der Waals surface area contributed by atoms with Crippen LogP contribution in [0.25, 0.3) is 5.57 Å². The van der Waals surface area contributed by atoms with Crippen LogP contribution in [0.4, 0.5) is 24.5 Å². The second kappa shape index (κ2) is 10.6. The first-order valence-corrected chi connectivity index (χ1v) is 10.5. The molecule has 3 N–H and O–H groups in total. The highest BCUT2D eigenvalue weighted by Crippen LogP contribution is 2.37. The van der Waals surface area contributed by atoms with E-state index in [0.717, 1.165) is 18.3 Å². The fraction of sp³-hybridized carbons (Fsp3) is 0.120. The molecular weight excluding hydrogens is 464 g/mol. The van der Waals surface area contributed by atoms with Gasteiger partial charge in [0.15, 0.2) is 11.5 Å². The number of anilines is 2. The number of halogens is 4. The fourth-order valence-corrected chi connectivity index (χ4v) is 3.27. The smallest absolute Gasteiger partial charge is 0.434 e. The highest BCUT2D eigenvalue weighted by Gasteiger charge is 2.38. The molecule has 3 rings (SSSR count). The van der Waals surface area contributed by atoms with E-state index in [0.29, 0.717) is 10.7 Å². The number of nitrogens with one attached hydrogen (secondary N) is 2. The maximum Gasteiger partial charge on any atom is 0.434 e. The Balaban J connectivity index is 1.96. The summed E-state index contributed by atoms with van der Waals surface area (Å²) in [6, 6.07) is 17.7. The van der Waals surface area contributed by atoms with Crippen molar-refractivity contribution < 1.29 is 23.0 Å². The molecule has 0 amide bonds. The maximum absolute atomic E-state index is 13.8. The van der Waals surface area contributed by atoms with E-state index in [1.807, 2.05) is 0 Å². The first kappa shape index (κ1) is 25.1. The molecule has 174 valence electrons. The van der Waals surface area contributed by atoms with Crippen molar-refractivity contribution in [3.8, 4) is 11.5 Å². The van der Waals surface area contributed by atoms with E-state index in [2.05, 4.69) is 17.2 Å². The van der Waals surface area contributed by atoms with Crippen LogP contribution in [-0.2, 0) is 6.32 Å². The van der Waals surface area contributed by atoms with Gasteiger partial charge in [-0.15, -0.1) is 0 Å². The highest BCUT2D eigenvalue weighted by atomic mass is 35.5. The van der Waals surface area contributed by atoms with Crippen LogP contribution in [0.3, 0.4) is 0 Å². The van der Waals surface area contributed by atoms with Crippen molar-refractivity contribution in [2.24, 2.45) is 0 Å². The summed E-state index contributed by atoms with van der Waals surface area (Å²) in [5.41, 5.74) is 0.818. The van der Waals surface area contributed by atoms with Gasteiger partial charge in [0.1, 0.15) is 11.5 Å². The molecule has 0 atom stereocenters. The van der Waals surface area contributed by atoms with Gasteiger partial charge in [0.2, 0.25) is 0 Å². The lowest BCUT2D eigenvalue weighted by Crippen LogP contribution is -2.27. The fourth-order valence-electron chi connectivity index (χ4n) is 3.15. The van der Waals surface area contributed by atoms with Gasteiger partial charge in [0, 0.05) is 40.6 Å². The van der Waals surface area contributed by atoms with Gasteiger partial charge in [-0.25, -0.2) is 0 Å². The van der Waals surface area contributed by atoms with Gasteiger partial charge in [-0.3, -0.25) is 0 Å². The quantitative estimate of drug-likeness (QED) is 0.193. The Bertz CT molecular complexity index is 1190. The number of hydrogen-bond acceptors (Lipinski definition) is 4. The second-order valence-electron chi connectivity index (χ2n) is 7.24. The second-order valence-corrected chi connectivity index (χ2v) is 7.68. The number of aromatic hydroxyl groups is 1. The third kappa shape index (κ3) is 6.08. The summed E-state index contributed by atoms with van der Waals surface area (Å²) in [4.78, 5) is 0. The molecule has 3 aromatic carbocycles. The van der Waals surface area contributed by atoms with Crippen LogP contribution in [-0.4, -0.2) is 26.2 Å². The van der Waals surface area contributed by atoms with Crippen molar-refractivity contribution in [2.75, 3.05) is 12.4 Å². The minimum atomic E-state index is -4.75. The van der Waals surface area contributed by atoms with Gasteiger partial charge in [-0.05, 0) is 48.5 Å². The van der Waals surface area contributed by atoms with Crippen LogP contribution in [0.5, 0.6) is 11.5 Å². The highest BCUT2D eigenvalue weighted by molar-refractivity contribution is 6.30. The lowest BCUT2D eigenvalue weighted by atomic mass is 9.97. The van der Waals surface area contributed by atoms with E-state index >= 15 is 0 Å². The van der Waals surface area contributed by atoms with Crippen molar-refractivity contribution >= 4 is 36.4 Å². The molecule has 0 aromatic heterocycles. The summed E-state index contributed by atoms with van der Waals surface area (Å²) >= 11 is 5.88. The van der Waals surface area contributed by atoms with Gasteiger partial charge in [-0.2, -0.15) is 13.2 Å². The molecule has 0 aliphatic heterocycles. The molecule has 0 saturated carbocycles. The lowest BCUT2D eigenvalue weighted by Gasteiger charge is -2.21. The largest absolute Gasteiger partial charge is 0.507 e. The van der Waals surface area contributed by atoms with Gasteiger partial charge >= 0.3 is 6.18 Å². The number of ether oxygens (including phenoxy) is 1. The van der Waals surface area contributed by atoms with Crippen molar-refractivity contribution in [1.82, 2.24) is 5.32 Å². The minimum absolute atomic E-state index is 0.0761. The third-order valence-corrected chi connectivity index (χ3v) is 5.12. The molecule has 34 heavy (non-hydrogen) atoms. The van der Waals surface area contributed by atoms with Gasteiger partial charge in [0.25, 0.3) is 0 Å². The van der Waals surface area contributed by atoms with Crippen molar-refractivity contribution in [3.63, 3.8) is 0 Å². The Morgan fingerprint density at radius 2 is 1.65 bits per heavy atom. The topological polar surface area (TPSA) is 53.5 Å². The first-order chi connectivity index (χ1) is 16.1. The van der Waals surface area contributed by atoms with Crippen molar-refractivity contribution in [2.45, 2.75) is 12.5 Å². The summed E-state index contributed by atoms with van der Waals surface area (Å²) < 4.78 is 46.9. The molecular formula is C25H21BClF3N2O2. The molecule has 0 aliphatic rings. The third-order valence-electron chi connectivity index (χ3n) is 4.87. The average molecular weight is 485 g/mol. The summed E-state index contributed by atoms with van der Waals surface area (Å²) in [5, 5.41) is 16.4. The molecule has 3 aromatic rings. The van der Waals surface area contributed by atoms with Crippen LogP contribution in [0.2, 0.25) is 5.02 Å². The summed E-state index contributed by atoms with van der Waals surface area (Å²) in [5.74, 6) is -0.684. The molecule has 9 heteroatoms. The number of phenols is 1. The maximum atomic E-state index is 13.8. The Kier molecular flexibility index (Phi) is 7.84. The van der Waals surface area contributed by atoms with Crippen LogP contribution < -0.4 is 15.4 Å². The Labute approximate surface area is 202 Å². The number of phenolic OH excluding ortho intramolecular Hbond substituents is 1. The average Bonchev–Trinajstić information content (AvgIpc) is 2.80. The molecule has 0 fully saturated rings. The molecule has 0 saturated heterocycles. The lowest BCUT2D eigenvalue weighted by molar-refractivity contribution is -0.0981. The molecule has 0 unspecified atom stereocenters. The first-order valence-electron chi connectivity index (χ1n) is 10.1. The Morgan fingerprint density at radius 1 is 1.03 bits per heavy atom. The Morgan fingerprint density at radius 3 is 2.18 bits per heavy atom. The summed E-state index contributed by atoms with van der Waals surface area (Å²) in [6.07, 6.45) is -4.47. The van der Waals surface area contributed by atoms with Crippen molar-refractivity contribution in [3.05, 3.63) is 101 Å². The van der Waals surface area contributed by atoms with Crippen LogP contribution in [0.1, 0.15) is 11.1 Å². The van der Waals surface area contributed by atoms with Gasteiger partial charge in [-0.1, -0.05) is 42.2 Å². The Hall–Kier alpha value is -3.52. The molecule has 4 nitrogen and oxygen atoms in total. The normalized spacial score (nSPS) is 12.0. The number of allylic oxidation sites excluding steroid dienone is 2. The van der Waals surface area contributed by atoms with E-state index in [1.54, 1.807) is 42.5 Å². The zero-order valence-corrected chi connectivity index (χ0v) is 19.0. The van der Waals surface area contributed by atoms with E-state index in [4.69, 9.17) is 24.2 Å². The van der Waals surface area contributed by atoms with Crippen LogP contribution >= 0.6 is 11.6 Å². The van der Waals surface area contributed by atoms with Gasteiger partial charge < -0.3 is 20.5 Å². The monoisotopic (exact) mass is 484 g/mol. The standard InChI is InChI=1S/C25H21BClF3N2O2/c1-15(21-12-9-19(13-22(21)33)32-18-7-5-17(27)6-8-18)23(24(31-2)25(28,29)30)34-20-10-3-16(14-26)4-11-20/h3-13,31-33H,1,14H2,2H3/b24-23+. The minimum Gasteiger partial charge on any atom is -0.507 e. The van der Waals surface area contributed by atoms with E-state index in [1.165, 1.54) is 24.3 Å². The molecule has 0 aliphatic carbocycles. The zero-order valence-electron chi connectivity index (χ0n) is 18.2. The van der Waals surface area contributed by atoms with E-state index in [-0.39, 0.29) is 29.0 Å². The van der Waals surface area contributed by atoms with Crippen molar-refractivity contribution in [1.29, 1.82) is 0 Å². The van der Waals surface area contributed by atoms with Crippen LogP contribution in [0, 0.1) is 0 Å². The van der Waals surface area contributed by atoms with Gasteiger partial charge in [0.05, 0.1) is 7.85 Å².